The van der Waals surface area contributed by atoms with Crippen LogP contribution < -0.4 is 10.1 Å². The summed E-state index contributed by atoms with van der Waals surface area (Å²) in [6.45, 7) is 0.230. The third kappa shape index (κ3) is 6.11. The number of hydrogen-bond acceptors (Lipinski definition) is 3. The van der Waals surface area contributed by atoms with E-state index < -0.39 is 23.8 Å². The normalized spacial score (nSPS) is 12.6. The lowest BCUT2D eigenvalue weighted by atomic mass is 10.1. The Morgan fingerprint density at radius 1 is 1.08 bits per heavy atom. The quantitative estimate of drug-likeness (QED) is 0.707. The summed E-state index contributed by atoms with van der Waals surface area (Å²) >= 11 is 0. The first kappa shape index (κ1) is 18.8. The van der Waals surface area contributed by atoms with Crippen molar-refractivity contribution in [2.24, 2.45) is 0 Å². The minimum Gasteiger partial charge on any atom is -0.486 e. The van der Waals surface area contributed by atoms with E-state index in [0.29, 0.717) is 18.7 Å². The Morgan fingerprint density at radius 3 is 2.28 bits per heavy atom. The number of benzene rings is 2. The van der Waals surface area contributed by atoms with Crippen molar-refractivity contribution in [3.8, 4) is 5.75 Å². The smallest absolute Gasteiger partial charge is 0.416 e. The van der Waals surface area contributed by atoms with Gasteiger partial charge in [0.25, 0.3) is 0 Å². The summed E-state index contributed by atoms with van der Waals surface area (Å²) in [6.07, 6.45) is -4.32. The Bertz CT molecular complexity index is 672. The highest BCUT2D eigenvalue weighted by atomic mass is 19.4. The largest absolute Gasteiger partial charge is 0.486 e. The van der Waals surface area contributed by atoms with Crippen molar-refractivity contribution in [2.45, 2.75) is 18.7 Å². The van der Waals surface area contributed by atoms with Gasteiger partial charge in [0.2, 0.25) is 0 Å². The second-order valence-corrected chi connectivity index (χ2v) is 5.40. The van der Waals surface area contributed by atoms with Gasteiger partial charge in [0, 0.05) is 6.42 Å². The van der Waals surface area contributed by atoms with Crippen molar-refractivity contribution in [2.75, 3.05) is 13.1 Å². The van der Waals surface area contributed by atoms with Crippen LogP contribution in [0.3, 0.4) is 0 Å². The molecule has 0 aliphatic heterocycles. The summed E-state index contributed by atoms with van der Waals surface area (Å²) in [4.78, 5) is 10.5. The molecule has 2 aromatic rings. The number of carbonyl (C=O) groups is 1. The maximum absolute atomic E-state index is 12.6. The molecule has 2 rings (SSSR count). The molecule has 0 aromatic heterocycles. The van der Waals surface area contributed by atoms with E-state index in [1.54, 1.807) is 0 Å². The van der Waals surface area contributed by atoms with Crippen LogP contribution in [0, 0.1) is 0 Å². The van der Waals surface area contributed by atoms with E-state index in [9.17, 15) is 18.0 Å². The SMILES string of the molecule is O=C(O)CNCC[C@@H](Oc1ccc(C(F)(F)F)cc1)c1ccccc1. The van der Waals surface area contributed by atoms with Crippen molar-refractivity contribution >= 4 is 5.97 Å². The van der Waals surface area contributed by atoms with Gasteiger partial charge in [-0.15, -0.1) is 0 Å². The molecule has 0 saturated heterocycles. The lowest BCUT2D eigenvalue weighted by Gasteiger charge is -2.20. The zero-order chi connectivity index (χ0) is 18.3. The Kier molecular flexibility index (Phi) is 6.41. The van der Waals surface area contributed by atoms with Crippen LogP contribution in [-0.2, 0) is 11.0 Å². The summed E-state index contributed by atoms with van der Waals surface area (Å²) in [7, 11) is 0. The van der Waals surface area contributed by atoms with Crippen LogP contribution in [0.5, 0.6) is 5.75 Å². The molecule has 2 N–H and O–H groups in total. The second kappa shape index (κ2) is 8.53. The van der Waals surface area contributed by atoms with E-state index in [4.69, 9.17) is 9.84 Å². The van der Waals surface area contributed by atoms with E-state index >= 15 is 0 Å². The van der Waals surface area contributed by atoms with Crippen LogP contribution in [0.25, 0.3) is 0 Å². The maximum atomic E-state index is 12.6. The summed E-state index contributed by atoms with van der Waals surface area (Å²) < 4.78 is 43.7. The van der Waals surface area contributed by atoms with Crippen molar-refractivity contribution < 1.29 is 27.8 Å². The van der Waals surface area contributed by atoms with E-state index in [-0.39, 0.29) is 6.54 Å². The number of nitrogens with one attached hydrogen (secondary N) is 1. The Labute approximate surface area is 143 Å². The number of hydrogen-bond donors (Lipinski definition) is 2. The van der Waals surface area contributed by atoms with Gasteiger partial charge in [0.1, 0.15) is 11.9 Å². The molecule has 0 aliphatic carbocycles. The van der Waals surface area contributed by atoms with Crippen LogP contribution in [0.4, 0.5) is 13.2 Å². The Balaban J connectivity index is 2.06. The van der Waals surface area contributed by atoms with Gasteiger partial charge >= 0.3 is 12.1 Å². The number of halogens is 3. The molecule has 0 aliphatic rings. The number of aliphatic carboxylic acids is 1. The molecular formula is C18H18F3NO3. The molecule has 7 heteroatoms. The van der Waals surface area contributed by atoms with Crippen molar-refractivity contribution in [1.29, 1.82) is 0 Å². The van der Waals surface area contributed by atoms with E-state index in [0.717, 1.165) is 17.7 Å². The molecule has 2 aromatic carbocycles. The Morgan fingerprint density at radius 2 is 1.72 bits per heavy atom. The third-order valence-electron chi connectivity index (χ3n) is 3.49. The lowest BCUT2D eigenvalue weighted by Crippen LogP contribution is -2.25. The molecule has 134 valence electrons. The first-order valence-corrected chi connectivity index (χ1v) is 7.67. The van der Waals surface area contributed by atoms with Gasteiger partial charge in [-0.1, -0.05) is 30.3 Å². The molecular weight excluding hydrogens is 335 g/mol. The number of carboxylic acids is 1. The lowest BCUT2D eigenvalue weighted by molar-refractivity contribution is -0.138. The van der Waals surface area contributed by atoms with Gasteiger partial charge in [0.05, 0.1) is 12.1 Å². The molecule has 0 heterocycles. The van der Waals surface area contributed by atoms with E-state index in [1.807, 2.05) is 30.3 Å². The number of ether oxygens (including phenoxy) is 1. The van der Waals surface area contributed by atoms with Gasteiger partial charge in [-0.25, -0.2) is 0 Å². The number of alkyl halides is 3. The van der Waals surface area contributed by atoms with Crippen molar-refractivity contribution in [3.63, 3.8) is 0 Å². The molecule has 0 bridgehead atoms. The van der Waals surface area contributed by atoms with Crippen LogP contribution in [0.15, 0.2) is 54.6 Å². The zero-order valence-corrected chi connectivity index (χ0v) is 13.3. The van der Waals surface area contributed by atoms with Gasteiger partial charge in [0.15, 0.2) is 0 Å². The highest BCUT2D eigenvalue weighted by Gasteiger charge is 2.30. The average molecular weight is 353 g/mol. The fourth-order valence-corrected chi connectivity index (χ4v) is 2.28. The molecule has 0 fully saturated rings. The minimum absolute atomic E-state index is 0.165. The highest BCUT2D eigenvalue weighted by molar-refractivity contribution is 5.68. The number of carboxylic acid groups (broad SMARTS) is 1. The zero-order valence-electron chi connectivity index (χ0n) is 13.3. The maximum Gasteiger partial charge on any atom is 0.416 e. The molecule has 0 saturated carbocycles. The Hall–Kier alpha value is -2.54. The molecule has 0 amide bonds. The monoisotopic (exact) mass is 353 g/mol. The molecule has 0 spiro atoms. The van der Waals surface area contributed by atoms with Gasteiger partial charge in [-0.05, 0) is 36.4 Å². The predicted octanol–water partition coefficient (Wildman–Crippen LogP) is 3.89. The van der Waals surface area contributed by atoms with Gasteiger partial charge < -0.3 is 15.2 Å². The van der Waals surface area contributed by atoms with Crippen molar-refractivity contribution in [1.82, 2.24) is 5.32 Å². The van der Waals surface area contributed by atoms with Crippen LogP contribution in [0.2, 0.25) is 0 Å². The van der Waals surface area contributed by atoms with Gasteiger partial charge in [-0.2, -0.15) is 13.2 Å². The van der Waals surface area contributed by atoms with E-state index in [2.05, 4.69) is 5.32 Å². The molecule has 0 radical (unpaired) electrons. The molecule has 0 unspecified atom stereocenters. The highest BCUT2D eigenvalue weighted by Crippen LogP contribution is 2.31. The van der Waals surface area contributed by atoms with Crippen LogP contribution >= 0.6 is 0 Å². The van der Waals surface area contributed by atoms with Crippen molar-refractivity contribution in [3.05, 3.63) is 65.7 Å². The summed E-state index contributed by atoms with van der Waals surface area (Å²) in [6, 6.07) is 13.7. The molecule has 25 heavy (non-hydrogen) atoms. The second-order valence-electron chi connectivity index (χ2n) is 5.40. The first-order valence-electron chi connectivity index (χ1n) is 7.67. The predicted molar refractivity (Wildman–Crippen MR) is 86.4 cm³/mol. The summed E-state index contributed by atoms with van der Waals surface area (Å²) in [5, 5.41) is 11.4. The van der Waals surface area contributed by atoms with E-state index in [1.165, 1.54) is 12.1 Å². The van der Waals surface area contributed by atoms with Gasteiger partial charge in [-0.3, -0.25) is 4.79 Å². The summed E-state index contributed by atoms with van der Waals surface area (Å²) in [5.41, 5.74) is 0.124. The first-order chi connectivity index (χ1) is 11.9. The fraction of sp³-hybridized carbons (Fsp3) is 0.278. The standard InChI is InChI=1S/C18H18F3NO3/c19-18(20,21)14-6-8-15(9-7-14)25-16(10-11-22-12-17(23)24)13-4-2-1-3-5-13/h1-9,16,22H,10-12H2,(H,23,24)/t16-/m1/s1. The number of rotatable bonds is 8. The molecule has 1 atom stereocenters. The minimum atomic E-state index is -4.39. The third-order valence-corrected chi connectivity index (χ3v) is 3.49. The van der Waals surface area contributed by atoms with Crippen LogP contribution in [0.1, 0.15) is 23.7 Å². The van der Waals surface area contributed by atoms with Crippen LogP contribution in [-0.4, -0.2) is 24.2 Å². The summed E-state index contributed by atoms with van der Waals surface area (Å²) in [5.74, 6) is -0.639. The average Bonchev–Trinajstić information content (AvgIpc) is 2.58. The fourth-order valence-electron chi connectivity index (χ4n) is 2.28. The topological polar surface area (TPSA) is 58.6 Å². The molecule has 4 nitrogen and oxygen atoms in total.